The van der Waals surface area contributed by atoms with Gasteiger partial charge in [-0.05, 0) is 18.6 Å². The lowest BCUT2D eigenvalue weighted by molar-refractivity contribution is -0.0227. The van der Waals surface area contributed by atoms with E-state index in [1.807, 2.05) is 37.3 Å². The van der Waals surface area contributed by atoms with E-state index in [1.165, 1.54) is 0 Å². The molecule has 1 fully saturated rings. The summed E-state index contributed by atoms with van der Waals surface area (Å²) in [5.74, 6) is -0.165. The Kier molecular flexibility index (Phi) is 4.08. The van der Waals surface area contributed by atoms with Gasteiger partial charge in [-0.3, -0.25) is 19.4 Å². The van der Waals surface area contributed by atoms with Gasteiger partial charge in [-0.15, -0.1) is 0 Å². The highest BCUT2D eigenvalue weighted by Gasteiger charge is 2.28. The number of pyridine rings is 1. The minimum atomic E-state index is -0.300. The molecule has 4 rings (SSSR count). The zero-order valence-electron chi connectivity index (χ0n) is 14.7. The minimum absolute atomic E-state index is 0.165. The summed E-state index contributed by atoms with van der Waals surface area (Å²) in [6, 6.07) is 11.5. The molecule has 7 nitrogen and oxygen atoms in total. The highest BCUT2D eigenvalue weighted by molar-refractivity contribution is 6.05. The van der Waals surface area contributed by atoms with Crippen LogP contribution in [0.15, 0.2) is 41.2 Å². The number of hydrogen-bond donors (Lipinski definition) is 1. The molecule has 0 radical (unpaired) electrons. The second kappa shape index (κ2) is 6.42. The number of H-pyrrole nitrogens is 1. The number of aromatic amines is 1. The van der Waals surface area contributed by atoms with E-state index in [0.29, 0.717) is 42.0 Å². The van der Waals surface area contributed by atoms with E-state index >= 15 is 0 Å². The highest BCUT2D eigenvalue weighted by atomic mass is 16.5. The molecule has 1 aliphatic rings. The predicted molar refractivity (Wildman–Crippen MR) is 97.1 cm³/mol. The number of ether oxygens (including phenoxy) is 1. The van der Waals surface area contributed by atoms with Crippen LogP contribution in [-0.4, -0.2) is 45.3 Å². The van der Waals surface area contributed by atoms with Gasteiger partial charge >= 0.3 is 0 Å². The molecule has 1 amide bonds. The molecule has 0 aliphatic carbocycles. The van der Waals surface area contributed by atoms with Crippen molar-refractivity contribution in [3.8, 4) is 0 Å². The van der Waals surface area contributed by atoms with Gasteiger partial charge in [0.1, 0.15) is 6.10 Å². The number of benzene rings is 1. The largest absolute Gasteiger partial charge is 0.370 e. The summed E-state index contributed by atoms with van der Waals surface area (Å²) in [6.45, 7) is 3.23. The smallest absolute Gasteiger partial charge is 0.274 e. The zero-order chi connectivity index (χ0) is 18.3. The number of rotatable bonds is 2. The van der Waals surface area contributed by atoms with E-state index in [0.717, 1.165) is 5.56 Å². The highest BCUT2D eigenvalue weighted by Crippen LogP contribution is 2.24. The molecule has 1 aromatic carbocycles. The Balaban J connectivity index is 1.70. The van der Waals surface area contributed by atoms with E-state index < -0.39 is 0 Å². The fourth-order valence-electron chi connectivity index (χ4n) is 3.43. The standard InChI is InChI=1S/C19H20N4O3/c1-12-10-14(16-17(20-12)22(2)21-18(16)24)19(25)23-8-9-26-15(11-23)13-6-4-3-5-7-13/h3-7,10,15H,8-9,11H2,1-2H3,(H,21,24)/t15-/m1/s1. The molecule has 2 aromatic heterocycles. The summed E-state index contributed by atoms with van der Waals surface area (Å²) in [6.07, 6.45) is -0.165. The van der Waals surface area contributed by atoms with Crippen molar-refractivity contribution in [2.24, 2.45) is 7.05 Å². The van der Waals surface area contributed by atoms with Gasteiger partial charge in [0.25, 0.3) is 11.5 Å². The molecular formula is C19H20N4O3. The van der Waals surface area contributed by atoms with Crippen LogP contribution in [0, 0.1) is 6.92 Å². The second-order valence-electron chi connectivity index (χ2n) is 6.53. The Morgan fingerprint density at radius 2 is 2.08 bits per heavy atom. The number of fused-ring (bicyclic) bond motifs is 1. The fraction of sp³-hybridized carbons (Fsp3) is 0.316. The van der Waals surface area contributed by atoms with Crippen molar-refractivity contribution in [1.29, 1.82) is 0 Å². The fourth-order valence-corrected chi connectivity index (χ4v) is 3.43. The average molecular weight is 352 g/mol. The van der Waals surface area contributed by atoms with Gasteiger partial charge in [-0.25, -0.2) is 4.98 Å². The number of aromatic nitrogens is 3. The number of aryl methyl sites for hydroxylation is 2. The average Bonchev–Trinajstić information content (AvgIpc) is 2.95. The third-order valence-corrected chi connectivity index (χ3v) is 4.70. The van der Waals surface area contributed by atoms with Gasteiger partial charge in [-0.1, -0.05) is 30.3 Å². The molecule has 0 bridgehead atoms. The first-order valence-corrected chi connectivity index (χ1v) is 8.57. The third kappa shape index (κ3) is 2.80. The van der Waals surface area contributed by atoms with Crippen LogP contribution in [0.1, 0.15) is 27.7 Å². The molecule has 26 heavy (non-hydrogen) atoms. The molecule has 134 valence electrons. The van der Waals surface area contributed by atoms with Crippen molar-refractivity contribution in [3.05, 3.63) is 63.6 Å². The molecule has 1 N–H and O–H groups in total. The monoisotopic (exact) mass is 352 g/mol. The van der Waals surface area contributed by atoms with Gasteiger partial charge < -0.3 is 9.64 Å². The Bertz CT molecular complexity index is 1020. The molecule has 1 aliphatic heterocycles. The lowest BCUT2D eigenvalue weighted by atomic mass is 10.1. The maximum atomic E-state index is 13.2. The van der Waals surface area contributed by atoms with Crippen molar-refractivity contribution < 1.29 is 9.53 Å². The number of nitrogens with zero attached hydrogens (tertiary/aromatic N) is 3. The summed E-state index contributed by atoms with van der Waals surface area (Å²) >= 11 is 0. The van der Waals surface area contributed by atoms with E-state index in [1.54, 1.807) is 22.7 Å². The lowest BCUT2D eigenvalue weighted by Crippen LogP contribution is -2.42. The normalized spacial score (nSPS) is 17.6. The Morgan fingerprint density at radius 1 is 1.31 bits per heavy atom. The van der Waals surface area contributed by atoms with Gasteiger partial charge in [-0.2, -0.15) is 0 Å². The number of carbonyl (C=O) groups is 1. The maximum Gasteiger partial charge on any atom is 0.274 e. The summed E-state index contributed by atoms with van der Waals surface area (Å²) in [4.78, 5) is 31.6. The van der Waals surface area contributed by atoms with Gasteiger partial charge in [0, 0.05) is 19.3 Å². The molecule has 0 spiro atoms. The Morgan fingerprint density at radius 3 is 2.85 bits per heavy atom. The molecule has 0 saturated carbocycles. The molecule has 1 saturated heterocycles. The maximum absolute atomic E-state index is 13.2. The van der Waals surface area contributed by atoms with Crippen LogP contribution < -0.4 is 5.56 Å². The third-order valence-electron chi connectivity index (χ3n) is 4.70. The summed E-state index contributed by atoms with van der Waals surface area (Å²) in [7, 11) is 1.71. The zero-order valence-corrected chi connectivity index (χ0v) is 14.7. The van der Waals surface area contributed by atoms with Crippen LogP contribution in [0.2, 0.25) is 0 Å². The lowest BCUT2D eigenvalue weighted by Gasteiger charge is -2.33. The van der Waals surface area contributed by atoms with E-state index in [2.05, 4.69) is 10.1 Å². The number of amides is 1. The summed E-state index contributed by atoms with van der Waals surface area (Å²) < 4.78 is 7.39. The van der Waals surface area contributed by atoms with E-state index in [9.17, 15) is 9.59 Å². The Labute approximate surface area is 150 Å². The van der Waals surface area contributed by atoms with Gasteiger partial charge in [0.15, 0.2) is 5.65 Å². The van der Waals surface area contributed by atoms with Crippen molar-refractivity contribution in [2.75, 3.05) is 19.7 Å². The topological polar surface area (TPSA) is 80.2 Å². The minimum Gasteiger partial charge on any atom is -0.370 e. The number of morpholine rings is 1. The predicted octanol–water partition coefficient (Wildman–Crippen LogP) is 1.78. The summed E-state index contributed by atoms with van der Waals surface area (Å²) in [5.41, 5.74) is 2.32. The quantitative estimate of drug-likeness (QED) is 0.762. The number of carbonyl (C=O) groups excluding carboxylic acids is 1. The second-order valence-corrected chi connectivity index (χ2v) is 6.53. The molecule has 7 heteroatoms. The molecular weight excluding hydrogens is 332 g/mol. The van der Waals surface area contributed by atoms with Crippen LogP contribution in [0.4, 0.5) is 0 Å². The van der Waals surface area contributed by atoms with Gasteiger partial charge in [0.2, 0.25) is 0 Å². The first-order chi connectivity index (χ1) is 12.5. The number of nitrogens with one attached hydrogen (secondary N) is 1. The first-order valence-electron chi connectivity index (χ1n) is 8.57. The molecule has 1 atom stereocenters. The Hall–Kier alpha value is -2.93. The van der Waals surface area contributed by atoms with Crippen molar-refractivity contribution in [3.63, 3.8) is 0 Å². The molecule has 0 unspecified atom stereocenters. The van der Waals surface area contributed by atoms with Crippen LogP contribution in [-0.2, 0) is 11.8 Å². The molecule has 3 aromatic rings. The van der Waals surface area contributed by atoms with Crippen LogP contribution in [0.3, 0.4) is 0 Å². The van der Waals surface area contributed by atoms with Crippen molar-refractivity contribution in [2.45, 2.75) is 13.0 Å². The molecule has 3 heterocycles. The number of hydrogen-bond acceptors (Lipinski definition) is 4. The van der Waals surface area contributed by atoms with E-state index in [-0.39, 0.29) is 17.6 Å². The SMILES string of the molecule is Cc1cc(C(=O)N2CCO[C@@H](c3ccccc3)C2)c2c(=O)[nH]n(C)c2n1. The van der Waals surface area contributed by atoms with Crippen LogP contribution in [0.25, 0.3) is 11.0 Å². The van der Waals surface area contributed by atoms with Crippen LogP contribution >= 0.6 is 0 Å². The van der Waals surface area contributed by atoms with E-state index in [4.69, 9.17) is 4.74 Å². The summed E-state index contributed by atoms with van der Waals surface area (Å²) in [5, 5.41) is 3.02. The van der Waals surface area contributed by atoms with Crippen molar-refractivity contribution in [1.82, 2.24) is 19.7 Å². The van der Waals surface area contributed by atoms with Crippen molar-refractivity contribution >= 4 is 16.9 Å². The first kappa shape index (κ1) is 16.5. The van der Waals surface area contributed by atoms with Crippen LogP contribution in [0.5, 0.6) is 0 Å². The van der Waals surface area contributed by atoms with Gasteiger partial charge in [0.05, 0.1) is 24.1 Å².